The SMILES string of the molecule is CCN(CC)c1ccc(C=Cc2cc[n+](C)cc2)cc1. The Morgan fingerprint density at radius 1 is 0.850 bits per heavy atom. The van der Waals surface area contributed by atoms with Gasteiger partial charge in [0.05, 0.1) is 0 Å². The van der Waals surface area contributed by atoms with E-state index in [1.165, 1.54) is 16.8 Å². The summed E-state index contributed by atoms with van der Waals surface area (Å²) in [5.74, 6) is 0. The summed E-state index contributed by atoms with van der Waals surface area (Å²) in [7, 11) is 2.03. The average molecular weight is 267 g/mol. The maximum Gasteiger partial charge on any atom is 0.169 e. The van der Waals surface area contributed by atoms with Gasteiger partial charge in [-0.25, -0.2) is 4.57 Å². The topological polar surface area (TPSA) is 7.12 Å². The Morgan fingerprint density at radius 2 is 1.35 bits per heavy atom. The Bertz CT molecular complexity index is 549. The molecule has 1 heterocycles. The number of hydrogen-bond acceptors (Lipinski definition) is 1. The van der Waals surface area contributed by atoms with Gasteiger partial charge >= 0.3 is 0 Å². The van der Waals surface area contributed by atoms with Crippen LogP contribution in [-0.2, 0) is 7.05 Å². The van der Waals surface area contributed by atoms with Crippen molar-refractivity contribution in [3.63, 3.8) is 0 Å². The van der Waals surface area contributed by atoms with E-state index in [1.807, 2.05) is 11.6 Å². The van der Waals surface area contributed by atoms with Crippen LogP contribution in [0.4, 0.5) is 5.69 Å². The van der Waals surface area contributed by atoms with Gasteiger partial charge in [0.1, 0.15) is 7.05 Å². The van der Waals surface area contributed by atoms with Crippen molar-refractivity contribution in [2.75, 3.05) is 18.0 Å². The molecule has 20 heavy (non-hydrogen) atoms. The standard InChI is InChI=1S/C18H23N2/c1-4-20(5-2)18-10-8-16(9-11-18)6-7-17-12-14-19(3)15-13-17/h6-15H,4-5H2,1-3H3/q+1. The van der Waals surface area contributed by atoms with Crippen LogP contribution in [0, 0.1) is 0 Å². The number of aromatic nitrogens is 1. The van der Waals surface area contributed by atoms with Gasteiger partial charge in [0, 0.05) is 30.9 Å². The summed E-state index contributed by atoms with van der Waals surface area (Å²) in [6, 6.07) is 13.0. The first-order valence-electron chi connectivity index (χ1n) is 7.21. The molecule has 2 nitrogen and oxygen atoms in total. The van der Waals surface area contributed by atoms with E-state index in [0.29, 0.717) is 0 Å². The summed E-state index contributed by atoms with van der Waals surface area (Å²) >= 11 is 0. The maximum atomic E-state index is 2.35. The Hall–Kier alpha value is -2.09. The monoisotopic (exact) mass is 267 g/mol. The Kier molecular flexibility index (Phi) is 4.94. The van der Waals surface area contributed by atoms with Gasteiger partial charge in [0.25, 0.3) is 0 Å². The van der Waals surface area contributed by atoms with E-state index in [1.54, 1.807) is 0 Å². The fourth-order valence-electron chi connectivity index (χ4n) is 2.20. The molecule has 0 radical (unpaired) electrons. The van der Waals surface area contributed by atoms with Gasteiger partial charge in [-0.15, -0.1) is 0 Å². The van der Waals surface area contributed by atoms with E-state index in [0.717, 1.165) is 13.1 Å². The Balaban J connectivity index is 2.08. The molecule has 2 rings (SSSR count). The molecule has 1 aromatic carbocycles. The number of rotatable bonds is 5. The highest BCUT2D eigenvalue weighted by Crippen LogP contribution is 2.16. The molecule has 0 fully saturated rings. The van der Waals surface area contributed by atoms with Crippen LogP contribution in [0.15, 0.2) is 48.8 Å². The number of pyridine rings is 1. The van der Waals surface area contributed by atoms with Crippen molar-refractivity contribution < 1.29 is 4.57 Å². The van der Waals surface area contributed by atoms with Crippen LogP contribution in [-0.4, -0.2) is 13.1 Å². The molecule has 0 saturated carbocycles. The smallest absolute Gasteiger partial charge is 0.169 e. The van der Waals surface area contributed by atoms with E-state index < -0.39 is 0 Å². The van der Waals surface area contributed by atoms with Crippen molar-refractivity contribution in [2.24, 2.45) is 7.05 Å². The van der Waals surface area contributed by atoms with E-state index in [4.69, 9.17) is 0 Å². The molecule has 2 heteroatoms. The van der Waals surface area contributed by atoms with Gasteiger partial charge in [0.15, 0.2) is 12.4 Å². The highest BCUT2D eigenvalue weighted by molar-refractivity contribution is 5.70. The van der Waals surface area contributed by atoms with E-state index >= 15 is 0 Å². The molecule has 0 bridgehead atoms. The summed E-state index contributed by atoms with van der Waals surface area (Å²) in [6.45, 7) is 6.47. The zero-order valence-corrected chi connectivity index (χ0v) is 12.6. The van der Waals surface area contributed by atoms with Crippen molar-refractivity contribution in [2.45, 2.75) is 13.8 Å². The molecule has 0 saturated heterocycles. The predicted molar refractivity (Wildman–Crippen MR) is 86.5 cm³/mol. The minimum absolute atomic E-state index is 1.05. The normalized spacial score (nSPS) is 10.9. The van der Waals surface area contributed by atoms with Gasteiger partial charge in [-0.2, -0.15) is 0 Å². The van der Waals surface area contributed by atoms with Crippen molar-refractivity contribution >= 4 is 17.8 Å². The fraction of sp³-hybridized carbons (Fsp3) is 0.278. The van der Waals surface area contributed by atoms with Crippen LogP contribution in [0.3, 0.4) is 0 Å². The largest absolute Gasteiger partial charge is 0.372 e. The number of hydrogen-bond donors (Lipinski definition) is 0. The van der Waals surface area contributed by atoms with Crippen molar-refractivity contribution in [1.82, 2.24) is 0 Å². The maximum absolute atomic E-state index is 2.35. The Labute approximate surface area is 122 Å². The third-order valence-corrected chi connectivity index (χ3v) is 3.49. The van der Waals surface area contributed by atoms with Crippen molar-refractivity contribution in [3.05, 3.63) is 59.9 Å². The zero-order chi connectivity index (χ0) is 14.4. The van der Waals surface area contributed by atoms with E-state index in [9.17, 15) is 0 Å². The van der Waals surface area contributed by atoms with E-state index in [-0.39, 0.29) is 0 Å². The fourth-order valence-corrected chi connectivity index (χ4v) is 2.20. The van der Waals surface area contributed by atoms with Gasteiger partial charge in [-0.3, -0.25) is 0 Å². The molecular formula is C18H23N2+. The summed E-state index contributed by atoms with van der Waals surface area (Å²) in [6.07, 6.45) is 8.42. The number of benzene rings is 1. The first kappa shape index (κ1) is 14.3. The lowest BCUT2D eigenvalue weighted by Crippen LogP contribution is -2.25. The van der Waals surface area contributed by atoms with Crippen molar-refractivity contribution in [1.29, 1.82) is 0 Å². The van der Waals surface area contributed by atoms with Gasteiger partial charge < -0.3 is 4.90 Å². The lowest BCUT2D eigenvalue weighted by atomic mass is 10.1. The zero-order valence-electron chi connectivity index (χ0n) is 12.6. The molecule has 0 spiro atoms. The van der Waals surface area contributed by atoms with Crippen LogP contribution < -0.4 is 9.47 Å². The lowest BCUT2D eigenvalue weighted by Gasteiger charge is -2.20. The van der Waals surface area contributed by atoms with E-state index in [2.05, 4.69) is 79.7 Å². The Morgan fingerprint density at radius 3 is 1.85 bits per heavy atom. The van der Waals surface area contributed by atoms with Crippen LogP contribution in [0.25, 0.3) is 12.2 Å². The molecule has 0 aliphatic heterocycles. The van der Waals surface area contributed by atoms with Crippen LogP contribution >= 0.6 is 0 Å². The molecule has 2 aromatic rings. The second kappa shape index (κ2) is 6.90. The van der Waals surface area contributed by atoms with Crippen LogP contribution in [0.5, 0.6) is 0 Å². The number of nitrogens with zero attached hydrogens (tertiary/aromatic N) is 2. The van der Waals surface area contributed by atoms with Crippen molar-refractivity contribution in [3.8, 4) is 0 Å². The van der Waals surface area contributed by atoms with Gasteiger partial charge in [-0.05, 0) is 37.1 Å². The molecule has 104 valence electrons. The third-order valence-electron chi connectivity index (χ3n) is 3.49. The second-order valence-electron chi connectivity index (χ2n) is 4.89. The van der Waals surface area contributed by atoms with Gasteiger partial charge in [-0.1, -0.05) is 24.3 Å². The van der Waals surface area contributed by atoms with Gasteiger partial charge in [0.2, 0.25) is 0 Å². The molecule has 0 N–H and O–H groups in total. The highest BCUT2D eigenvalue weighted by Gasteiger charge is 2.00. The summed E-state index contributed by atoms with van der Waals surface area (Å²) in [5, 5.41) is 0. The lowest BCUT2D eigenvalue weighted by molar-refractivity contribution is -0.671. The predicted octanol–water partition coefficient (Wildman–Crippen LogP) is 3.53. The molecular weight excluding hydrogens is 244 g/mol. The quantitative estimate of drug-likeness (QED) is 0.752. The summed E-state index contributed by atoms with van der Waals surface area (Å²) < 4.78 is 2.04. The minimum atomic E-state index is 1.05. The minimum Gasteiger partial charge on any atom is -0.372 e. The number of anilines is 1. The molecule has 0 atom stereocenters. The first-order valence-corrected chi connectivity index (χ1v) is 7.21. The summed E-state index contributed by atoms with van der Waals surface area (Å²) in [4.78, 5) is 2.35. The molecule has 1 aromatic heterocycles. The highest BCUT2D eigenvalue weighted by atomic mass is 15.1. The summed E-state index contributed by atoms with van der Waals surface area (Å²) in [5.41, 5.74) is 3.74. The third kappa shape index (κ3) is 3.70. The molecule has 0 amide bonds. The molecule has 0 aliphatic carbocycles. The number of aryl methyl sites for hydroxylation is 1. The first-order chi connectivity index (χ1) is 9.72. The average Bonchev–Trinajstić information content (AvgIpc) is 2.49. The molecule has 0 aliphatic rings. The second-order valence-corrected chi connectivity index (χ2v) is 4.89. The molecule has 0 unspecified atom stereocenters. The van der Waals surface area contributed by atoms with Crippen LogP contribution in [0.1, 0.15) is 25.0 Å². The van der Waals surface area contributed by atoms with Crippen LogP contribution in [0.2, 0.25) is 0 Å².